The van der Waals surface area contributed by atoms with Crippen LogP contribution in [0.15, 0.2) is 18.3 Å². The Hall–Kier alpha value is -1.45. The molecule has 1 aromatic rings. The lowest BCUT2D eigenvalue weighted by Crippen LogP contribution is -2.43. The first-order valence-corrected chi connectivity index (χ1v) is 5.62. The van der Waals surface area contributed by atoms with E-state index in [2.05, 4.69) is 25.8 Å². The van der Waals surface area contributed by atoms with Crippen LogP contribution in [0.2, 0.25) is 0 Å². The number of nitrogens with zero attached hydrogens (tertiary/aromatic N) is 2. The molecule has 94 valence electrons. The van der Waals surface area contributed by atoms with Gasteiger partial charge in [-0.15, -0.1) is 0 Å². The Bertz CT molecular complexity index is 395. The highest BCUT2D eigenvalue weighted by molar-refractivity contribution is 5.93. The molecule has 1 atom stereocenters. The molecule has 1 heterocycles. The zero-order chi connectivity index (χ0) is 13.2. The van der Waals surface area contributed by atoms with Gasteiger partial charge in [-0.1, -0.05) is 20.8 Å². The van der Waals surface area contributed by atoms with E-state index in [1.54, 1.807) is 11.9 Å². The van der Waals surface area contributed by atoms with Crippen LogP contribution in [-0.4, -0.2) is 28.9 Å². The molecule has 0 saturated carbocycles. The Labute approximate surface area is 102 Å². The van der Waals surface area contributed by atoms with Gasteiger partial charge in [-0.2, -0.15) is 4.39 Å². The van der Waals surface area contributed by atoms with Crippen molar-refractivity contribution in [2.24, 2.45) is 5.41 Å². The smallest absolute Gasteiger partial charge is 0.255 e. The van der Waals surface area contributed by atoms with Crippen LogP contribution >= 0.6 is 0 Å². The van der Waals surface area contributed by atoms with Gasteiger partial charge in [0.05, 0.1) is 5.56 Å². The van der Waals surface area contributed by atoms with Gasteiger partial charge < -0.3 is 4.90 Å². The summed E-state index contributed by atoms with van der Waals surface area (Å²) in [6, 6.07) is 2.74. The van der Waals surface area contributed by atoms with Crippen LogP contribution in [0.4, 0.5) is 4.39 Å². The van der Waals surface area contributed by atoms with Crippen LogP contribution in [0.25, 0.3) is 0 Å². The van der Waals surface area contributed by atoms with Crippen LogP contribution < -0.4 is 0 Å². The van der Waals surface area contributed by atoms with Gasteiger partial charge in [0.1, 0.15) is 0 Å². The number of hydrogen-bond acceptors (Lipinski definition) is 2. The summed E-state index contributed by atoms with van der Waals surface area (Å²) in [5, 5.41) is 0. The Kier molecular flexibility index (Phi) is 3.86. The summed E-state index contributed by atoms with van der Waals surface area (Å²) in [5.41, 5.74) is 0.405. The van der Waals surface area contributed by atoms with E-state index < -0.39 is 5.95 Å². The lowest BCUT2D eigenvalue weighted by molar-refractivity contribution is 0.0628. The van der Waals surface area contributed by atoms with Crippen molar-refractivity contribution in [2.45, 2.75) is 33.7 Å². The zero-order valence-electron chi connectivity index (χ0n) is 11.0. The standard InChI is InChI=1S/C13H19FN2O/c1-9(13(2,3)4)16(5)12(17)10-6-7-11(14)15-8-10/h6-9H,1-5H3. The van der Waals surface area contributed by atoms with Crippen molar-refractivity contribution in [1.29, 1.82) is 0 Å². The van der Waals surface area contributed by atoms with Crippen molar-refractivity contribution < 1.29 is 9.18 Å². The number of halogens is 1. The summed E-state index contributed by atoms with van der Waals surface area (Å²) in [5.74, 6) is -0.715. The van der Waals surface area contributed by atoms with Gasteiger partial charge in [-0.05, 0) is 24.5 Å². The van der Waals surface area contributed by atoms with Crippen molar-refractivity contribution in [2.75, 3.05) is 7.05 Å². The number of hydrogen-bond donors (Lipinski definition) is 0. The molecule has 0 fully saturated rings. The monoisotopic (exact) mass is 238 g/mol. The largest absolute Gasteiger partial charge is 0.338 e. The number of aromatic nitrogens is 1. The maximum absolute atomic E-state index is 12.7. The zero-order valence-corrected chi connectivity index (χ0v) is 11.0. The van der Waals surface area contributed by atoms with E-state index in [-0.39, 0.29) is 17.4 Å². The van der Waals surface area contributed by atoms with E-state index in [1.165, 1.54) is 18.3 Å². The van der Waals surface area contributed by atoms with Gasteiger partial charge in [0.15, 0.2) is 0 Å². The predicted octanol–water partition coefficient (Wildman–Crippen LogP) is 2.73. The van der Waals surface area contributed by atoms with Crippen LogP contribution in [0.3, 0.4) is 0 Å². The molecule has 1 aromatic heterocycles. The summed E-state index contributed by atoms with van der Waals surface area (Å²) in [4.78, 5) is 17.3. The minimum atomic E-state index is -0.576. The maximum atomic E-state index is 12.7. The molecule has 0 saturated heterocycles. The fourth-order valence-corrected chi connectivity index (χ4v) is 1.46. The van der Waals surface area contributed by atoms with E-state index in [0.29, 0.717) is 5.56 Å². The van der Waals surface area contributed by atoms with Gasteiger partial charge in [-0.25, -0.2) is 4.98 Å². The SMILES string of the molecule is CC(N(C)C(=O)c1ccc(F)nc1)C(C)(C)C. The first-order chi connectivity index (χ1) is 7.73. The molecule has 0 aliphatic heterocycles. The second-order valence-electron chi connectivity index (χ2n) is 5.33. The third-order valence-electron chi connectivity index (χ3n) is 3.13. The predicted molar refractivity (Wildman–Crippen MR) is 65.2 cm³/mol. The highest BCUT2D eigenvalue weighted by Gasteiger charge is 2.27. The molecule has 1 amide bonds. The molecule has 0 aliphatic carbocycles. The maximum Gasteiger partial charge on any atom is 0.255 e. The van der Waals surface area contributed by atoms with E-state index in [1.807, 2.05) is 6.92 Å². The molecule has 0 aromatic carbocycles. The topological polar surface area (TPSA) is 33.2 Å². The van der Waals surface area contributed by atoms with Crippen LogP contribution in [0.5, 0.6) is 0 Å². The minimum absolute atomic E-state index is 0.00211. The highest BCUT2D eigenvalue weighted by atomic mass is 19.1. The minimum Gasteiger partial charge on any atom is -0.338 e. The fourth-order valence-electron chi connectivity index (χ4n) is 1.46. The van der Waals surface area contributed by atoms with Crippen molar-refractivity contribution in [1.82, 2.24) is 9.88 Å². The average Bonchev–Trinajstić information content (AvgIpc) is 2.26. The molecule has 3 nitrogen and oxygen atoms in total. The van der Waals surface area contributed by atoms with Crippen molar-refractivity contribution in [3.63, 3.8) is 0 Å². The molecular formula is C13H19FN2O. The van der Waals surface area contributed by atoms with E-state index in [4.69, 9.17) is 0 Å². The quantitative estimate of drug-likeness (QED) is 0.742. The molecular weight excluding hydrogens is 219 g/mol. The summed E-state index contributed by atoms with van der Waals surface area (Å²) in [6.45, 7) is 8.22. The van der Waals surface area contributed by atoms with Crippen molar-refractivity contribution in [3.05, 3.63) is 29.8 Å². The number of pyridine rings is 1. The number of carbonyl (C=O) groups excluding carboxylic acids is 1. The number of carbonyl (C=O) groups is 1. The summed E-state index contributed by atoms with van der Waals surface area (Å²) < 4.78 is 12.7. The van der Waals surface area contributed by atoms with Gasteiger partial charge >= 0.3 is 0 Å². The molecule has 17 heavy (non-hydrogen) atoms. The van der Waals surface area contributed by atoms with Gasteiger partial charge in [0.2, 0.25) is 5.95 Å². The van der Waals surface area contributed by atoms with Crippen LogP contribution in [0.1, 0.15) is 38.1 Å². The molecule has 0 N–H and O–H groups in total. The average molecular weight is 238 g/mol. The molecule has 0 radical (unpaired) electrons. The second kappa shape index (κ2) is 4.82. The molecule has 0 spiro atoms. The number of amides is 1. The second-order valence-corrected chi connectivity index (χ2v) is 5.33. The third-order valence-corrected chi connectivity index (χ3v) is 3.13. The summed E-state index contributed by atoms with van der Waals surface area (Å²) >= 11 is 0. The molecule has 4 heteroatoms. The van der Waals surface area contributed by atoms with Crippen LogP contribution in [0, 0.1) is 11.4 Å². The van der Waals surface area contributed by atoms with Crippen molar-refractivity contribution in [3.8, 4) is 0 Å². The summed E-state index contributed by atoms with van der Waals surface area (Å²) in [7, 11) is 1.75. The van der Waals surface area contributed by atoms with Gasteiger partial charge in [-0.3, -0.25) is 4.79 Å². The Balaban J connectivity index is 2.87. The molecule has 1 rings (SSSR count). The first-order valence-electron chi connectivity index (χ1n) is 5.62. The van der Waals surface area contributed by atoms with E-state index >= 15 is 0 Å². The number of rotatable bonds is 2. The first kappa shape index (κ1) is 13.6. The third kappa shape index (κ3) is 3.25. The highest BCUT2D eigenvalue weighted by Crippen LogP contribution is 2.24. The van der Waals surface area contributed by atoms with E-state index in [9.17, 15) is 9.18 Å². The Morgan fingerprint density at radius 2 is 2.00 bits per heavy atom. The molecule has 1 unspecified atom stereocenters. The molecule has 0 aliphatic rings. The summed E-state index contributed by atoms with van der Waals surface area (Å²) in [6.07, 6.45) is 1.27. The Morgan fingerprint density at radius 3 is 2.41 bits per heavy atom. The normalized spacial score (nSPS) is 13.3. The molecule has 0 bridgehead atoms. The Morgan fingerprint density at radius 1 is 1.41 bits per heavy atom. The van der Waals surface area contributed by atoms with Gasteiger partial charge in [0, 0.05) is 19.3 Å². The van der Waals surface area contributed by atoms with Gasteiger partial charge in [0.25, 0.3) is 5.91 Å². The lowest BCUT2D eigenvalue weighted by Gasteiger charge is -2.35. The van der Waals surface area contributed by atoms with E-state index in [0.717, 1.165) is 0 Å². The lowest BCUT2D eigenvalue weighted by atomic mass is 9.87. The van der Waals surface area contributed by atoms with Crippen molar-refractivity contribution >= 4 is 5.91 Å². The van der Waals surface area contributed by atoms with Crippen LogP contribution in [-0.2, 0) is 0 Å². The fraction of sp³-hybridized carbons (Fsp3) is 0.538.